The van der Waals surface area contributed by atoms with Crippen LogP contribution in [0.15, 0.2) is 18.5 Å². The molecule has 1 aliphatic rings. The molecule has 1 unspecified atom stereocenters. The van der Waals surface area contributed by atoms with Crippen LogP contribution in [0.3, 0.4) is 0 Å². The molecule has 0 bridgehead atoms. The van der Waals surface area contributed by atoms with Crippen LogP contribution in [0.1, 0.15) is 18.5 Å². The molecule has 2 aromatic rings. The molecule has 6 heteroatoms. The maximum absolute atomic E-state index is 5.73. The Morgan fingerprint density at radius 2 is 2.50 bits per heavy atom. The van der Waals surface area contributed by atoms with Gasteiger partial charge >= 0.3 is 0 Å². The average molecular weight is 276 g/mol. The fourth-order valence-corrected chi connectivity index (χ4v) is 2.35. The van der Waals surface area contributed by atoms with Gasteiger partial charge in [-0.3, -0.25) is 0 Å². The molecule has 0 radical (unpaired) electrons. The van der Waals surface area contributed by atoms with E-state index in [1.165, 1.54) is 0 Å². The van der Waals surface area contributed by atoms with Crippen molar-refractivity contribution in [1.82, 2.24) is 14.6 Å². The molecule has 20 heavy (non-hydrogen) atoms. The lowest BCUT2D eigenvalue weighted by atomic mass is 10.3. The highest BCUT2D eigenvalue weighted by molar-refractivity contribution is 5.67. The fraction of sp³-hybridized carbons (Fsp3) is 0.571. The standard InChI is InChI=1S/C14H20N4O2/c1-11-9-13-14(16-5-6-18(13)17-11)15-4-2-7-20-12-3-8-19-10-12/h5-6,9,12H,2-4,7-8,10H2,1H3,(H,15,16). The van der Waals surface area contributed by atoms with Crippen molar-refractivity contribution < 1.29 is 9.47 Å². The molecule has 0 saturated carbocycles. The highest BCUT2D eigenvalue weighted by Crippen LogP contribution is 2.14. The first-order valence-electron chi connectivity index (χ1n) is 7.07. The lowest BCUT2D eigenvalue weighted by Crippen LogP contribution is -2.15. The Hall–Kier alpha value is -1.66. The summed E-state index contributed by atoms with van der Waals surface area (Å²) in [5.41, 5.74) is 2.00. The molecule has 1 aliphatic heterocycles. The number of nitrogens with zero attached hydrogens (tertiary/aromatic N) is 3. The van der Waals surface area contributed by atoms with E-state index >= 15 is 0 Å². The summed E-state index contributed by atoms with van der Waals surface area (Å²) in [6, 6.07) is 2.03. The van der Waals surface area contributed by atoms with Crippen molar-refractivity contribution in [1.29, 1.82) is 0 Å². The minimum absolute atomic E-state index is 0.286. The third-order valence-corrected chi connectivity index (χ3v) is 3.37. The maximum Gasteiger partial charge on any atom is 0.152 e. The molecule has 6 nitrogen and oxygen atoms in total. The zero-order valence-corrected chi connectivity index (χ0v) is 11.7. The summed E-state index contributed by atoms with van der Waals surface area (Å²) < 4.78 is 12.8. The Labute approximate surface area is 118 Å². The SMILES string of the molecule is Cc1cc2c(NCCCOC3CCOC3)nccn2n1. The van der Waals surface area contributed by atoms with Crippen molar-refractivity contribution in [2.24, 2.45) is 0 Å². The Kier molecular flexibility index (Phi) is 4.13. The normalized spacial score (nSPS) is 18.8. The van der Waals surface area contributed by atoms with Gasteiger partial charge in [0.2, 0.25) is 0 Å². The average Bonchev–Trinajstić information content (AvgIpc) is 3.06. The molecule has 1 N–H and O–H groups in total. The first-order chi connectivity index (χ1) is 9.83. The van der Waals surface area contributed by atoms with Crippen LogP contribution in [0.25, 0.3) is 5.52 Å². The molecular weight excluding hydrogens is 256 g/mol. The van der Waals surface area contributed by atoms with Crippen LogP contribution < -0.4 is 5.32 Å². The van der Waals surface area contributed by atoms with Gasteiger partial charge in [0.15, 0.2) is 5.82 Å². The van der Waals surface area contributed by atoms with Crippen molar-refractivity contribution >= 4 is 11.3 Å². The van der Waals surface area contributed by atoms with Gasteiger partial charge in [-0.25, -0.2) is 9.50 Å². The molecule has 1 atom stereocenters. The summed E-state index contributed by atoms with van der Waals surface area (Å²) in [5.74, 6) is 0.872. The predicted molar refractivity (Wildman–Crippen MR) is 76.0 cm³/mol. The van der Waals surface area contributed by atoms with E-state index in [9.17, 15) is 0 Å². The van der Waals surface area contributed by atoms with Crippen LogP contribution in [0.5, 0.6) is 0 Å². The minimum atomic E-state index is 0.286. The van der Waals surface area contributed by atoms with E-state index in [1.54, 1.807) is 6.20 Å². The van der Waals surface area contributed by atoms with Gasteiger partial charge in [0, 0.05) is 32.2 Å². The van der Waals surface area contributed by atoms with E-state index in [2.05, 4.69) is 15.4 Å². The molecule has 2 aromatic heterocycles. The van der Waals surface area contributed by atoms with Crippen molar-refractivity contribution in [3.05, 3.63) is 24.2 Å². The van der Waals surface area contributed by atoms with Gasteiger partial charge in [-0.15, -0.1) is 0 Å². The number of ether oxygens (including phenoxy) is 2. The van der Waals surface area contributed by atoms with E-state index in [0.29, 0.717) is 0 Å². The Bertz CT molecular complexity index is 563. The summed E-state index contributed by atoms with van der Waals surface area (Å²) in [6.07, 6.45) is 5.87. The van der Waals surface area contributed by atoms with Gasteiger partial charge in [-0.1, -0.05) is 0 Å². The van der Waals surface area contributed by atoms with Gasteiger partial charge < -0.3 is 14.8 Å². The topological polar surface area (TPSA) is 60.7 Å². The Morgan fingerprint density at radius 1 is 1.55 bits per heavy atom. The quantitative estimate of drug-likeness (QED) is 0.813. The van der Waals surface area contributed by atoms with E-state index in [-0.39, 0.29) is 6.10 Å². The molecule has 108 valence electrons. The molecular formula is C14H20N4O2. The largest absolute Gasteiger partial charge is 0.379 e. The van der Waals surface area contributed by atoms with Crippen molar-refractivity contribution in [2.75, 3.05) is 31.7 Å². The van der Waals surface area contributed by atoms with Gasteiger partial charge in [-0.2, -0.15) is 5.10 Å². The molecule has 1 saturated heterocycles. The molecule has 1 fully saturated rings. The zero-order valence-electron chi connectivity index (χ0n) is 11.7. The van der Waals surface area contributed by atoms with E-state index in [0.717, 1.165) is 56.2 Å². The first-order valence-corrected chi connectivity index (χ1v) is 7.07. The lowest BCUT2D eigenvalue weighted by Gasteiger charge is -2.10. The zero-order chi connectivity index (χ0) is 13.8. The van der Waals surface area contributed by atoms with Crippen molar-refractivity contribution in [2.45, 2.75) is 25.9 Å². The second-order valence-corrected chi connectivity index (χ2v) is 5.03. The van der Waals surface area contributed by atoms with Gasteiger partial charge in [-0.05, 0) is 25.8 Å². The highest BCUT2D eigenvalue weighted by atomic mass is 16.5. The van der Waals surface area contributed by atoms with E-state index in [1.807, 2.05) is 23.7 Å². The molecule has 0 amide bonds. The molecule has 0 aromatic carbocycles. The Balaban J connectivity index is 1.47. The summed E-state index contributed by atoms with van der Waals surface area (Å²) in [4.78, 5) is 4.36. The number of hydrogen-bond acceptors (Lipinski definition) is 5. The lowest BCUT2D eigenvalue weighted by molar-refractivity contribution is 0.0427. The minimum Gasteiger partial charge on any atom is -0.379 e. The second-order valence-electron chi connectivity index (χ2n) is 5.03. The first kappa shape index (κ1) is 13.3. The van der Waals surface area contributed by atoms with Crippen molar-refractivity contribution in [3.8, 4) is 0 Å². The number of aromatic nitrogens is 3. The Morgan fingerprint density at radius 3 is 3.35 bits per heavy atom. The maximum atomic E-state index is 5.73. The summed E-state index contributed by atoms with van der Waals surface area (Å²) in [7, 11) is 0. The van der Waals surface area contributed by atoms with E-state index in [4.69, 9.17) is 9.47 Å². The molecule has 0 spiro atoms. The number of anilines is 1. The number of rotatable bonds is 6. The second kappa shape index (κ2) is 6.19. The van der Waals surface area contributed by atoms with Gasteiger partial charge in [0.1, 0.15) is 5.52 Å². The van der Waals surface area contributed by atoms with Gasteiger partial charge in [0.05, 0.1) is 18.4 Å². The number of fused-ring (bicyclic) bond motifs is 1. The van der Waals surface area contributed by atoms with Crippen LogP contribution in [0.4, 0.5) is 5.82 Å². The summed E-state index contributed by atoms with van der Waals surface area (Å²) in [6.45, 7) is 5.14. The van der Waals surface area contributed by atoms with Crippen LogP contribution in [0, 0.1) is 6.92 Å². The van der Waals surface area contributed by atoms with Crippen LogP contribution >= 0.6 is 0 Å². The third-order valence-electron chi connectivity index (χ3n) is 3.37. The highest BCUT2D eigenvalue weighted by Gasteiger charge is 2.15. The molecule has 3 heterocycles. The summed E-state index contributed by atoms with van der Waals surface area (Å²) in [5, 5.41) is 7.71. The number of aryl methyl sites for hydroxylation is 1. The number of hydrogen-bond donors (Lipinski definition) is 1. The van der Waals surface area contributed by atoms with Crippen LogP contribution in [-0.4, -0.2) is 47.1 Å². The van der Waals surface area contributed by atoms with Crippen LogP contribution in [0.2, 0.25) is 0 Å². The van der Waals surface area contributed by atoms with Crippen molar-refractivity contribution in [3.63, 3.8) is 0 Å². The summed E-state index contributed by atoms with van der Waals surface area (Å²) >= 11 is 0. The van der Waals surface area contributed by atoms with E-state index < -0.39 is 0 Å². The van der Waals surface area contributed by atoms with Gasteiger partial charge in [0.25, 0.3) is 0 Å². The molecule has 3 rings (SSSR count). The fourth-order valence-electron chi connectivity index (χ4n) is 2.35. The third kappa shape index (κ3) is 3.08. The molecule has 0 aliphatic carbocycles. The van der Waals surface area contributed by atoms with Crippen LogP contribution in [-0.2, 0) is 9.47 Å². The number of nitrogens with one attached hydrogen (secondary N) is 1. The monoisotopic (exact) mass is 276 g/mol. The predicted octanol–water partition coefficient (Wildman–Crippen LogP) is 1.65. The smallest absolute Gasteiger partial charge is 0.152 e.